The van der Waals surface area contributed by atoms with E-state index in [1.807, 2.05) is 6.08 Å². The lowest BCUT2D eigenvalue weighted by Gasteiger charge is -2.18. The quantitative estimate of drug-likeness (QED) is 0.552. The number of hydrogen-bond donors (Lipinski definition) is 0. The molecule has 1 nitrogen and oxygen atoms in total. The van der Waals surface area contributed by atoms with Gasteiger partial charge in [0.1, 0.15) is 5.78 Å². The molecular weight excluding hydrogens is 136 g/mol. The Morgan fingerprint density at radius 2 is 2.55 bits per heavy atom. The normalized spacial score (nSPS) is 41.5. The van der Waals surface area contributed by atoms with Crippen LogP contribution in [0.3, 0.4) is 0 Å². The summed E-state index contributed by atoms with van der Waals surface area (Å²) in [5.41, 5.74) is 0.0972. The maximum atomic E-state index is 11.5. The van der Waals surface area contributed by atoms with Gasteiger partial charge in [-0.2, -0.15) is 0 Å². The number of ketones is 1. The Kier molecular flexibility index (Phi) is 1.41. The molecule has 0 aromatic heterocycles. The maximum Gasteiger partial charge on any atom is 0.139 e. The monoisotopic (exact) mass is 150 g/mol. The molecular formula is C10H14O. The van der Waals surface area contributed by atoms with Gasteiger partial charge in [0.15, 0.2) is 0 Å². The molecule has 1 heteroatoms. The number of rotatable bonds is 2. The van der Waals surface area contributed by atoms with E-state index in [9.17, 15) is 4.79 Å². The van der Waals surface area contributed by atoms with Crippen molar-refractivity contribution in [2.24, 2.45) is 11.3 Å². The Morgan fingerprint density at radius 1 is 1.73 bits per heavy atom. The van der Waals surface area contributed by atoms with Crippen molar-refractivity contribution >= 4 is 5.78 Å². The lowest BCUT2D eigenvalue weighted by molar-refractivity contribution is -0.125. The largest absolute Gasteiger partial charge is 0.299 e. The van der Waals surface area contributed by atoms with Crippen LogP contribution in [-0.4, -0.2) is 5.78 Å². The van der Waals surface area contributed by atoms with Crippen molar-refractivity contribution in [1.82, 2.24) is 0 Å². The van der Waals surface area contributed by atoms with Crippen molar-refractivity contribution in [3.63, 3.8) is 0 Å². The fourth-order valence-corrected chi connectivity index (χ4v) is 2.48. The summed E-state index contributed by atoms with van der Waals surface area (Å²) >= 11 is 0. The topological polar surface area (TPSA) is 17.1 Å². The van der Waals surface area contributed by atoms with E-state index in [0.717, 1.165) is 31.6 Å². The van der Waals surface area contributed by atoms with Gasteiger partial charge in [-0.15, -0.1) is 6.58 Å². The molecule has 0 aliphatic heterocycles. The first kappa shape index (κ1) is 7.08. The first-order valence-electron chi connectivity index (χ1n) is 4.44. The summed E-state index contributed by atoms with van der Waals surface area (Å²) in [6.45, 7) is 3.71. The number of allylic oxidation sites excluding steroid dienone is 1. The molecule has 2 saturated carbocycles. The van der Waals surface area contributed by atoms with Crippen molar-refractivity contribution in [1.29, 1.82) is 0 Å². The van der Waals surface area contributed by atoms with Crippen molar-refractivity contribution < 1.29 is 4.79 Å². The van der Waals surface area contributed by atoms with E-state index in [-0.39, 0.29) is 5.41 Å². The Balaban J connectivity index is 2.13. The van der Waals surface area contributed by atoms with E-state index in [0.29, 0.717) is 5.78 Å². The van der Waals surface area contributed by atoms with Crippen LogP contribution in [0.1, 0.15) is 32.1 Å². The molecule has 60 valence electrons. The van der Waals surface area contributed by atoms with E-state index >= 15 is 0 Å². The second kappa shape index (κ2) is 2.20. The summed E-state index contributed by atoms with van der Waals surface area (Å²) < 4.78 is 0. The van der Waals surface area contributed by atoms with Crippen molar-refractivity contribution in [3.05, 3.63) is 12.7 Å². The molecule has 2 aliphatic rings. The molecule has 0 N–H and O–H groups in total. The lowest BCUT2D eigenvalue weighted by atomic mass is 9.85. The zero-order valence-corrected chi connectivity index (χ0v) is 6.81. The number of carbonyl (C=O) groups excluding carboxylic acids is 1. The second-order valence-corrected chi connectivity index (χ2v) is 3.87. The molecule has 2 atom stereocenters. The van der Waals surface area contributed by atoms with Gasteiger partial charge in [0.05, 0.1) is 0 Å². The molecule has 0 unspecified atom stereocenters. The number of carbonyl (C=O) groups is 1. The molecule has 0 saturated heterocycles. The van der Waals surface area contributed by atoms with E-state index < -0.39 is 0 Å². The predicted molar refractivity (Wildman–Crippen MR) is 44.2 cm³/mol. The maximum absolute atomic E-state index is 11.5. The van der Waals surface area contributed by atoms with Crippen LogP contribution in [0.4, 0.5) is 0 Å². The highest BCUT2D eigenvalue weighted by atomic mass is 16.1. The summed E-state index contributed by atoms with van der Waals surface area (Å²) in [6, 6.07) is 0. The number of Topliss-reactive ketones (excluding diaryl/α,β-unsaturated/α-hetero) is 1. The van der Waals surface area contributed by atoms with Crippen LogP contribution in [0.15, 0.2) is 12.7 Å². The average molecular weight is 150 g/mol. The first-order chi connectivity index (χ1) is 5.29. The SMILES string of the molecule is C=CC[C@]12C[C@H]1CCCC2=O. The van der Waals surface area contributed by atoms with Crippen molar-refractivity contribution in [2.75, 3.05) is 0 Å². The Hall–Kier alpha value is -0.590. The highest BCUT2D eigenvalue weighted by Crippen LogP contribution is 2.61. The minimum atomic E-state index is 0.0972. The van der Waals surface area contributed by atoms with Crippen LogP contribution in [0.25, 0.3) is 0 Å². The predicted octanol–water partition coefficient (Wildman–Crippen LogP) is 2.32. The third-order valence-corrected chi connectivity index (χ3v) is 3.25. The molecule has 0 spiro atoms. The molecule has 2 aliphatic carbocycles. The second-order valence-electron chi connectivity index (χ2n) is 3.87. The Morgan fingerprint density at radius 3 is 3.18 bits per heavy atom. The molecule has 0 aromatic rings. The summed E-state index contributed by atoms with van der Waals surface area (Å²) in [5, 5.41) is 0. The van der Waals surface area contributed by atoms with Crippen LogP contribution in [0.5, 0.6) is 0 Å². The van der Waals surface area contributed by atoms with E-state index in [2.05, 4.69) is 6.58 Å². The van der Waals surface area contributed by atoms with E-state index in [1.165, 1.54) is 6.42 Å². The third-order valence-electron chi connectivity index (χ3n) is 3.25. The van der Waals surface area contributed by atoms with Crippen molar-refractivity contribution in [2.45, 2.75) is 32.1 Å². The van der Waals surface area contributed by atoms with Crippen LogP contribution in [0, 0.1) is 11.3 Å². The average Bonchev–Trinajstić information content (AvgIpc) is 2.66. The smallest absolute Gasteiger partial charge is 0.139 e. The molecule has 2 fully saturated rings. The highest BCUT2D eigenvalue weighted by Gasteiger charge is 2.59. The number of hydrogen-bond acceptors (Lipinski definition) is 1. The van der Waals surface area contributed by atoms with E-state index in [1.54, 1.807) is 0 Å². The van der Waals surface area contributed by atoms with Gasteiger partial charge in [-0.25, -0.2) is 0 Å². The van der Waals surface area contributed by atoms with Gasteiger partial charge >= 0.3 is 0 Å². The summed E-state index contributed by atoms with van der Waals surface area (Å²) in [4.78, 5) is 11.5. The van der Waals surface area contributed by atoms with Crippen LogP contribution < -0.4 is 0 Å². The Labute approximate surface area is 67.5 Å². The molecule has 0 radical (unpaired) electrons. The summed E-state index contributed by atoms with van der Waals surface area (Å²) in [6.07, 6.45) is 7.21. The van der Waals surface area contributed by atoms with Crippen LogP contribution >= 0.6 is 0 Å². The van der Waals surface area contributed by atoms with Gasteiger partial charge < -0.3 is 0 Å². The molecule has 11 heavy (non-hydrogen) atoms. The van der Waals surface area contributed by atoms with Gasteiger partial charge in [0.2, 0.25) is 0 Å². The Bertz CT molecular complexity index is 207. The minimum Gasteiger partial charge on any atom is -0.299 e. The lowest BCUT2D eigenvalue weighted by Crippen LogP contribution is -2.21. The molecule has 2 rings (SSSR count). The summed E-state index contributed by atoms with van der Waals surface area (Å²) in [5.74, 6) is 1.23. The van der Waals surface area contributed by atoms with Gasteiger partial charge in [0, 0.05) is 11.8 Å². The summed E-state index contributed by atoms with van der Waals surface area (Å²) in [7, 11) is 0. The van der Waals surface area contributed by atoms with Gasteiger partial charge in [-0.1, -0.05) is 6.08 Å². The van der Waals surface area contributed by atoms with Gasteiger partial charge in [-0.3, -0.25) is 4.79 Å². The molecule has 0 aromatic carbocycles. The number of fused-ring (bicyclic) bond motifs is 1. The fraction of sp³-hybridized carbons (Fsp3) is 0.700. The third kappa shape index (κ3) is 0.867. The van der Waals surface area contributed by atoms with Crippen molar-refractivity contribution in [3.8, 4) is 0 Å². The fourth-order valence-electron chi connectivity index (χ4n) is 2.48. The minimum absolute atomic E-state index is 0.0972. The molecule has 0 amide bonds. The van der Waals surface area contributed by atoms with Gasteiger partial charge in [0.25, 0.3) is 0 Å². The van der Waals surface area contributed by atoms with Gasteiger partial charge in [-0.05, 0) is 31.6 Å². The van der Waals surface area contributed by atoms with E-state index in [4.69, 9.17) is 0 Å². The zero-order chi connectivity index (χ0) is 7.90. The molecule has 0 heterocycles. The van der Waals surface area contributed by atoms with Crippen LogP contribution in [-0.2, 0) is 4.79 Å². The van der Waals surface area contributed by atoms with Crippen LogP contribution in [0.2, 0.25) is 0 Å². The zero-order valence-electron chi connectivity index (χ0n) is 6.81. The first-order valence-corrected chi connectivity index (χ1v) is 4.44. The standard InChI is InChI=1S/C10H14O/c1-2-6-10-7-8(10)4-3-5-9(10)11/h2,8H,1,3-7H2/t8-,10+/m1/s1. The molecule has 0 bridgehead atoms. The highest BCUT2D eigenvalue weighted by molar-refractivity contribution is 5.89.